The second kappa shape index (κ2) is 6.95. The van der Waals surface area contributed by atoms with Crippen LogP contribution in [0.4, 0.5) is 4.79 Å². The fourth-order valence-electron chi connectivity index (χ4n) is 0.684. The Labute approximate surface area is 99.5 Å². The first kappa shape index (κ1) is 14.6. The van der Waals surface area contributed by atoms with Crippen LogP contribution in [-0.4, -0.2) is 35.4 Å². The highest BCUT2D eigenvalue weighted by Crippen LogP contribution is 2.19. The molecular weight excluding hydrogens is 236 g/mol. The Kier molecular flexibility index (Phi) is 6.76. The van der Waals surface area contributed by atoms with Gasteiger partial charge in [-0.1, -0.05) is 0 Å². The summed E-state index contributed by atoms with van der Waals surface area (Å²) in [6.07, 6.45) is 2.12. The highest BCUT2D eigenvalue weighted by Gasteiger charge is 2.17. The average molecular weight is 253 g/mol. The monoisotopic (exact) mass is 252 g/mol. The summed E-state index contributed by atoms with van der Waals surface area (Å²) in [5, 5.41) is 4.82. The summed E-state index contributed by atoms with van der Waals surface area (Å²) in [5.74, 6) is -0.139. The van der Waals surface area contributed by atoms with Gasteiger partial charge in [-0.25, -0.2) is 4.79 Å². The van der Waals surface area contributed by atoms with E-state index in [9.17, 15) is 9.59 Å². The van der Waals surface area contributed by atoms with E-state index in [1.54, 1.807) is 11.8 Å². The third-order valence-corrected chi connectivity index (χ3v) is 3.24. The zero-order valence-electron chi connectivity index (χ0n) is 9.22. The molecule has 0 rings (SSSR count). The molecule has 0 fully saturated rings. The normalized spacial score (nSPS) is 10.9. The quantitative estimate of drug-likeness (QED) is 0.731. The molecular formula is C9H17ClN2O2S. The number of carbonyl (C=O) groups excluding carboxylic acids is 2. The van der Waals surface area contributed by atoms with Gasteiger partial charge in [0, 0.05) is 23.6 Å². The number of nitrogens with one attached hydrogen (secondary N) is 2. The first-order valence-corrected chi connectivity index (χ1v) is 6.36. The number of hydrogen-bond donors (Lipinski definition) is 2. The molecule has 0 aromatic rings. The Morgan fingerprint density at radius 1 is 1.40 bits per heavy atom. The van der Waals surface area contributed by atoms with Crippen molar-refractivity contribution in [3.8, 4) is 0 Å². The predicted molar refractivity (Wildman–Crippen MR) is 64.5 cm³/mol. The van der Waals surface area contributed by atoms with Gasteiger partial charge < -0.3 is 5.32 Å². The van der Waals surface area contributed by atoms with E-state index in [0.717, 1.165) is 0 Å². The number of alkyl halides is 1. The van der Waals surface area contributed by atoms with Crippen molar-refractivity contribution in [1.29, 1.82) is 0 Å². The van der Waals surface area contributed by atoms with Crippen molar-refractivity contribution in [2.75, 3.05) is 18.7 Å². The van der Waals surface area contributed by atoms with E-state index < -0.39 is 6.03 Å². The predicted octanol–water partition coefficient (Wildman–Crippen LogP) is 1.58. The minimum atomic E-state index is -0.466. The summed E-state index contributed by atoms with van der Waals surface area (Å²) in [6.45, 7) is 4.53. The van der Waals surface area contributed by atoms with Crippen molar-refractivity contribution in [2.45, 2.75) is 25.0 Å². The van der Waals surface area contributed by atoms with E-state index in [4.69, 9.17) is 11.6 Å². The van der Waals surface area contributed by atoms with Crippen molar-refractivity contribution >= 4 is 35.3 Å². The average Bonchev–Trinajstić information content (AvgIpc) is 2.15. The molecule has 0 atom stereocenters. The third kappa shape index (κ3) is 7.50. The number of urea groups is 1. The molecule has 0 bridgehead atoms. The fraction of sp³-hybridized carbons (Fsp3) is 0.778. The van der Waals surface area contributed by atoms with Crippen LogP contribution in [0.5, 0.6) is 0 Å². The number of amides is 3. The van der Waals surface area contributed by atoms with Crippen molar-refractivity contribution in [3.05, 3.63) is 0 Å². The highest BCUT2D eigenvalue weighted by atomic mass is 35.5. The van der Waals surface area contributed by atoms with Gasteiger partial charge >= 0.3 is 6.03 Å². The van der Waals surface area contributed by atoms with E-state index in [1.807, 2.05) is 20.1 Å². The van der Waals surface area contributed by atoms with Crippen LogP contribution in [0.2, 0.25) is 0 Å². The second-order valence-electron chi connectivity index (χ2n) is 3.63. The molecule has 3 amide bonds. The maximum absolute atomic E-state index is 11.2. The maximum Gasteiger partial charge on any atom is 0.321 e. The van der Waals surface area contributed by atoms with Crippen LogP contribution in [0.25, 0.3) is 0 Å². The van der Waals surface area contributed by atoms with Crippen molar-refractivity contribution in [3.63, 3.8) is 0 Å². The molecule has 0 radical (unpaired) electrons. The molecule has 0 aromatic carbocycles. The molecule has 15 heavy (non-hydrogen) atoms. The Morgan fingerprint density at radius 2 is 2.00 bits per heavy atom. The lowest BCUT2D eigenvalue weighted by atomic mass is 10.2. The molecule has 0 aromatic heterocycles. The number of carbonyl (C=O) groups is 2. The molecule has 0 aliphatic rings. The summed E-state index contributed by atoms with van der Waals surface area (Å²) >= 11 is 7.01. The third-order valence-electron chi connectivity index (χ3n) is 1.80. The van der Waals surface area contributed by atoms with E-state index in [1.165, 1.54) is 0 Å². The van der Waals surface area contributed by atoms with Crippen LogP contribution in [0.15, 0.2) is 0 Å². The molecule has 2 N–H and O–H groups in total. The van der Waals surface area contributed by atoms with Gasteiger partial charge in [0.05, 0.1) is 0 Å². The van der Waals surface area contributed by atoms with Crippen LogP contribution < -0.4 is 10.6 Å². The van der Waals surface area contributed by atoms with Crippen LogP contribution in [0.3, 0.4) is 0 Å². The molecule has 0 heterocycles. The van der Waals surface area contributed by atoms with Gasteiger partial charge in [-0.05, 0) is 20.1 Å². The molecule has 88 valence electrons. The largest absolute Gasteiger partial charge is 0.336 e. The maximum atomic E-state index is 11.2. The first-order valence-electron chi connectivity index (χ1n) is 4.60. The first-order chi connectivity index (χ1) is 6.91. The molecule has 0 saturated heterocycles. The number of thioether (sulfide) groups is 1. The van der Waals surface area contributed by atoms with Gasteiger partial charge in [-0.2, -0.15) is 11.8 Å². The molecule has 6 heteroatoms. The van der Waals surface area contributed by atoms with Crippen LogP contribution in [-0.2, 0) is 4.79 Å². The summed E-state index contributed by atoms with van der Waals surface area (Å²) in [5.41, 5.74) is 0. The zero-order chi connectivity index (χ0) is 11.9. The molecule has 0 aliphatic heterocycles. The number of imide groups is 1. The zero-order valence-corrected chi connectivity index (χ0v) is 10.8. The van der Waals surface area contributed by atoms with Crippen molar-refractivity contribution in [2.24, 2.45) is 0 Å². The summed E-state index contributed by atoms with van der Waals surface area (Å²) in [4.78, 5) is 22.2. The minimum Gasteiger partial charge on any atom is -0.336 e. The lowest BCUT2D eigenvalue weighted by Gasteiger charge is -2.22. The molecule has 0 saturated carbocycles. The van der Waals surface area contributed by atoms with Gasteiger partial charge in [0.1, 0.15) is 0 Å². The van der Waals surface area contributed by atoms with Crippen LogP contribution in [0, 0.1) is 0 Å². The van der Waals surface area contributed by atoms with Gasteiger partial charge in [0.15, 0.2) is 0 Å². The topological polar surface area (TPSA) is 58.2 Å². The molecule has 0 spiro atoms. The van der Waals surface area contributed by atoms with Crippen molar-refractivity contribution < 1.29 is 9.59 Å². The summed E-state index contributed by atoms with van der Waals surface area (Å²) in [7, 11) is 0. The Hall–Kier alpha value is -0.420. The second-order valence-corrected chi connectivity index (χ2v) is 5.53. The van der Waals surface area contributed by atoms with Crippen LogP contribution >= 0.6 is 23.4 Å². The summed E-state index contributed by atoms with van der Waals surface area (Å²) in [6, 6.07) is -0.466. The van der Waals surface area contributed by atoms with E-state index in [2.05, 4.69) is 10.6 Å². The fourth-order valence-corrected chi connectivity index (χ4v) is 1.07. The van der Waals surface area contributed by atoms with Gasteiger partial charge in [-0.15, -0.1) is 11.6 Å². The Bertz CT molecular complexity index is 234. The van der Waals surface area contributed by atoms with Gasteiger partial charge in [-0.3, -0.25) is 10.1 Å². The molecule has 4 nitrogen and oxygen atoms in total. The molecule has 0 aliphatic carbocycles. The van der Waals surface area contributed by atoms with E-state index >= 15 is 0 Å². The molecule has 0 unspecified atom stereocenters. The number of hydrogen-bond acceptors (Lipinski definition) is 3. The lowest BCUT2D eigenvalue weighted by Crippen LogP contribution is -2.44. The highest BCUT2D eigenvalue weighted by molar-refractivity contribution is 7.99. The standard InChI is InChI=1S/C9H17ClN2O2S/c1-9(2,15-3)6-11-8(14)12-7(13)4-5-10/h4-6H2,1-3H3,(H2,11,12,13,14). The smallest absolute Gasteiger partial charge is 0.321 e. The minimum absolute atomic E-state index is 0.0348. The van der Waals surface area contributed by atoms with Crippen molar-refractivity contribution in [1.82, 2.24) is 10.6 Å². The number of rotatable bonds is 5. The van der Waals surface area contributed by atoms with Gasteiger partial charge in [0.2, 0.25) is 5.91 Å². The summed E-state index contributed by atoms with van der Waals surface area (Å²) < 4.78 is -0.0348. The Balaban J connectivity index is 3.80. The number of halogens is 1. The van der Waals surface area contributed by atoms with Crippen LogP contribution in [0.1, 0.15) is 20.3 Å². The Morgan fingerprint density at radius 3 is 2.47 bits per heavy atom. The van der Waals surface area contributed by atoms with E-state index in [-0.39, 0.29) is 23.0 Å². The van der Waals surface area contributed by atoms with Gasteiger partial charge in [0.25, 0.3) is 0 Å². The van der Waals surface area contributed by atoms with E-state index in [0.29, 0.717) is 6.54 Å². The lowest BCUT2D eigenvalue weighted by molar-refractivity contribution is -0.119. The SMILES string of the molecule is CSC(C)(C)CNC(=O)NC(=O)CCCl.